The van der Waals surface area contributed by atoms with E-state index >= 15 is 0 Å². The summed E-state index contributed by atoms with van der Waals surface area (Å²) >= 11 is 0. The van der Waals surface area contributed by atoms with Crippen molar-refractivity contribution in [2.24, 2.45) is 5.92 Å². The van der Waals surface area contributed by atoms with E-state index < -0.39 is 11.7 Å². The maximum absolute atomic E-state index is 12.5. The first-order valence-corrected chi connectivity index (χ1v) is 7.44. The van der Waals surface area contributed by atoms with Crippen LogP contribution in [0.1, 0.15) is 30.9 Å². The molecular formula is C16H23F3N2. The van der Waals surface area contributed by atoms with Gasteiger partial charge in [-0.3, -0.25) is 0 Å². The van der Waals surface area contributed by atoms with Crippen molar-refractivity contribution in [1.29, 1.82) is 0 Å². The van der Waals surface area contributed by atoms with E-state index in [1.165, 1.54) is 12.8 Å². The average molecular weight is 300 g/mol. The van der Waals surface area contributed by atoms with Gasteiger partial charge in [-0.1, -0.05) is 12.1 Å². The topological polar surface area (TPSA) is 15.3 Å². The monoisotopic (exact) mass is 300 g/mol. The Bertz CT molecular complexity index is 442. The van der Waals surface area contributed by atoms with Gasteiger partial charge < -0.3 is 10.2 Å². The Balaban J connectivity index is 1.85. The van der Waals surface area contributed by atoms with Crippen molar-refractivity contribution >= 4 is 0 Å². The van der Waals surface area contributed by atoms with Gasteiger partial charge in [-0.25, -0.2) is 0 Å². The zero-order valence-electron chi connectivity index (χ0n) is 12.6. The lowest BCUT2D eigenvalue weighted by atomic mass is 9.92. The number of hydrogen-bond acceptors (Lipinski definition) is 2. The van der Waals surface area contributed by atoms with Crippen molar-refractivity contribution in [3.63, 3.8) is 0 Å². The Kier molecular flexibility index (Phi) is 5.27. The molecule has 1 aliphatic rings. The molecule has 1 N–H and O–H groups in total. The van der Waals surface area contributed by atoms with Gasteiger partial charge in [0.1, 0.15) is 0 Å². The van der Waals surface area contributed by atoms with Crippen molar-refractivity contribution in [2.45, 2.75) is 38.5 Å². The van der Waals surface area contributed by atoms with E-state index in [1.54, 1.807) is 12.1 Å². The molecule has 21 heavy (non-hydrogen) atoms. The first-order chi connectivity index (χ1) is 9.86. The number of benzene rings is 1. The number of likely N-dealkylation sites (tertiary alicyclic amines) is 1. The normalized spacial score (nSPS) is 22.2. The minimum atomic E-state index is -4.26. The maximum atomic E-state index is 12.5. The van der Waals surface area contributed by atoms with Crippen molar-refractivity contribution < 1.29 is 13.2 Å². The van der Waals surface area contributed by atoms with Crippen LogP contribution in [0.3, 0.4) is 0 Å². The van der Waals surface area contributed by atoms with Crippen molar-refractivity contribution in [1.82, 2.24) is 10.2 Å². The van der Waals surface area contributed by atoms with E-state index in [1.807, 2.05) is 0 Å². The standard InChI is InChI=1S/C16H23F3N2/c1-12(14-4-3-9-21(2)11-14)20-10-13-5-7-15(8-6-13)16(17,18)19/h5-8,12,14,20H,3-4,9-11H2,1-2H3. The van der Waals surface area contributed by atoms with Crippen LogP contribution in [0.25, 0.3) is 0 Å². The molecular weight excluding hydrogens is 277 g/mol. The number of piperidine rings is 1. The molecule has 1 aromatic rings. The van der Waals surface area contributed by atoms with Crippen LogP contribution in [-0.2, 0) is 12.7 Å². The molecule has 2 atom stereocenters. The fraction of sp³-hybridized carbons (Fsp3) is 0.625. The van der Waals surface area contributed by atoms with Crippen LogP contribution in [0.5, 0.6) is 0 Å². The van der Waals surface area contributed by atoms with Gasteiger partial charge in [0, 0.05) is 19.1 Å². The van der Waals surface area contributed by atoms with Gasteiger partial charge >= 0.3 is 6.18 Å². The second-order valence-electron chi connectivity index (χ2n) is 6.03. The molecule has 1 aliphatic heterocycles. The van der Waals surface area contributed by atoms with Crippen LogP contribution in [0, 0.1) is 5.92 Å². The predicted molar refractivity (Wildman–Crippen MR) is 78.0 cm³/mol. The Labute approximate surface area is 124 Å². The zero-order valence-corrected chi connectivity index (χ0v) is 12.6. The third-order valence-electron chi connectivity index (χ3n) is 4.28. The number of nitrogens with zero attached hydrogens (tertiary/aromatic N) is 1. The van der Waals surface area contributed by atoms with E-state index in [2.05, 4.69) is 24.2 Å². The molecule has 1 fully saturated rings. The molecule has 2 nitrogen and oxygen atoms in total. The summed E-state index contributed by atoms with van der Waals surface area (Å²) in [6, 6.07) is 5.77. The van der Waals surface area contributed by atoms with Crippen LogP contribution >= 0.6 is 0 Å². The summed E-state index contributed by atoms with van der Waals surface area (Å²) in [5.41, 5.74) is 0.298. The Morgan fingerprint density at radius 2 is 1.95 bits per heavy atom. The van der Waals surface area contributed by atoms with Crippen molar-refractivity contribution in [3.8, 4) is 0 Å². The van der Waals surface area contributed by atoms with Crippen LogP contribution in [0.2, 0.25) is 0 Å². The molecule has 0 bridgehead atoms. The van der Waals surface area contributed by atoms with E-state index in [9.17, 15) is 13.2 Å². The second-order valence-corrected chi connectivity index (χ2v) is 6.03. The van der Waals surface area contributed by atoms with Gasteiger partial charge in [0.05, 0.1) is 5.56 Å². The van der Waals surface area contributed by atoms with E-state index in [0.717, 1.165) is 30.8 Å². The van der Waals surface area contributed by atoms with Gasteiger partial charge in [-0.05, 0) is 57.0 Å². The molecule has 0 saturated carbocycles. The molecule has 0 amide bonds. The zero-order chi connectivity index (χ0) is 15.5. The Hall–Kier alpha value is -1.07. The quantitative estimate of drug-likeness (QED) is 0.915. The number of halogens is 3. The van der Waals surface area contributed by atoms with Gasteiger partial charge in [0.15, 0.2) is 0 Å². The summed E-state index contributed by atoms with van der Waals surface area (Å²) in [4.78, 5) is 2.34. The van der Waals surface area contributed by atoms with Gasteiger partial charge in [-0.15, -0.1) is 0 Å². The third kappa shape index (κ3) is 4.71. The highest BCUT2D eigenvalue weighted by Gasteiger charge is 2.30. The highest BCUT2D eigenvalue weighted by molar-refractivity contribution is 5.24. The van der Waals surface area contributed by atoms with Crippen LogP contribution in [-0.4, -0.2) is 31.1 Å². The van der Waals surface area contributed by atoms with Crippen LogP contribution in [0.15, 0.2) is 24.3 Å². The molecule has 2 unspecified atom stereocenters. The first-order valence-electron chi connectivity index (χ1n) is 7.44. The fourth-order valence-corrected chi connectivity index (χ4v) is 2.87. The summed E-state index contributed by atoms with van der Waals surface area (Å²) in [5, 5.41) is 3.44. The number of hydrogen-bond donors (Lipinski definition) is 1. The lowest BCUT2D eigenvalue weighted by Crippen LogP contribution is -2.42. The minimum Gasteiger partial charge on any atom is -0.310 e. The summed E-state index contributed by atoms with van der Waals surface area (Å²) < 4.78 is 37.5. The van der Waals surface area contributed by atoms with Gasteiger partial charge in [-0.2, -0.15) is 13.2 Å². The summed E-state index contributed by atoms with van der Waals surface area (Å²) in [6.45, 7) is 5.01. The van der Waals surface area contributed by atoms with E-state index in [4.69, 9.17) is 0 Å². The SMILES string of the molecule is CC(NCc1ccc(C(F)(F)F)cc1)C1CCCN(C)C1. The molecule has 5 heteroatoms. The lowest BCUT2D eigenvalue weighted by molar-refractivity contribution is -0.137. The first kappa shape index (κ1) is 16.3. The fourth-order valence-electron chi connectivity index (χ4n) is 2.87. The third-order valence-corrected chi connectivity index (χ3v) is 4.28. The molecule has 118 valence electrons. The maximum Gasteiger partial charge on any atom is 0.416 e. The second kappa shape index (κ2) is 6.79. The summed E-state index contributed by atoms with van der Waals surface area (Å²) in [6.07, 6.45) is -1.83. The molecule has 1 heterocycles. The number of rotatable bonds is 4. The minimum absolute atomic E-state index is 0.370. The van der Waals surface area contributed by atoms with E-state index in [-0.39, 0.29) is 0 Å². The predicted octanol–water partition coefficient (Wildman–Crippen LogP) is 3.53. The van der Waals surface area contributed by atoms with Gasteiger partial charge in [0.25, 0.3) is 0 Å². The van der Waals surface area contributed by atoms with Crippen molar-refractivity contribution in [2.75, 3.05) is 20.1 Å². The molecule has 0 spiro atoms. The number of nitrogens with one attached hydrogen (secondary N) is 1. The van der Waals surface area contributed by atoms with E-state index in [0.29, 0.717) is 18.5 Å². The molecule has 0 aromatic heterocycles. The van der Waals surface area contributed by atoms with Crippen molar-refractivity contribution in [3.05, 3.63) is 35.4 Å². The molecule has 1 aromatic carbocycles. The Morgan fingerprint density at radius 1 is 1.29 bits per heavy atom. The molecule has 1 saturated heterocycles. The lowest BCUT2D eigenvalue weighted by Gasteiger charge is -2.34. The highest BCUT2D eigenvalue weighted by atomic mass is 19.4. The Morgan fingerprint density at radius 3 is 2.52 bits per heavy atom. The molecule has 0 aliphatic carbocycles. The largest absolute Gasteiger partial charge is 0.416 e. The smallest absolute Gasteiger partial charge is 0.310 e. The molecule has 0 radical (unpaired) electrons. The molecule has 2 rings (SSSR count). The number of alkyl halides is 3. The summed E-state index contributed by atoms with van der Waals surface area (Å²) in [7, 11) is 2.13. The van der Waals surface area contributed by atoms with Crippen LogP contribution in [0.4, 0.5) is 13.2 Å². The highest BCUT2D eigenvalue weighted by Crippen LogP contribution is 2.29. The average Bonchev–Trinajstić information content (AvgIpc) is 2.44. The van der Waals surface area contributed by atoms with Crippen LogP contribution < -0.4 is 5.32 Å². The van der Waals surface area contributed by atoms with Gasteiger partial charge in [0.2, 0.25) is 0 Å². The summed E-state index contributed by atoms with van der Waals surface area (Å²) in [5.74, 6) is 0.609.